The third-order valence-electron chi connectivity index (χ3n) is 4.37. The van der Waals surface area contributed by atoms with E-state index in [-0.39, 0.29) is 5.54 Å². The molecule has 0 fully saturated rings. The average molecular weight is 282 g/mol. The van der Waals surface area contributed by atoms with Gasteiger partial charge in [0.25, 0.3) is 0 Å². The molecule has 1 atom stereocenters. The van der Waals surface area contributed by atoms with Gasteiger partial charge in [-0.05, 0) is 39.6 Å². The number of aromatic nitrogens is 1. The third-order valence-corrected chi connectivity index (χ3v) is 4.37. The molecular weight excluding hydrogens is 256 g/mol. The Morgan fingerprint density at radius 1 is 1.00 bits per heavy atom. The van der Waals surface area contributed by atoms with Crippen LogP contribution in [0.5, 0.6) is 0 Å². The summed E-state index contributed by atoms with van der Waals surface area (Å²) in [6.07, 6.45) is 3.55. The molecule has 1 aromatic carbocycles. The van der Waals surface area contributed by atoms with Crippen molar-refractivity contribution < 1.29 is 0 Å². The molecule has 2 rings (SSSR count). The molecule has 0 spiro atoms. The molecule has 0 saturated carbocycles. The van der Waals surface area contributed by atoms with Gasteiger partial charge >= 0.3 is 0 Å². The lowest BCUT2D eigenvalue weighted by atomic mass is 9.89. The number of unbranched alkanes of at least 4 members (excludes halogenated alkanes) is 1. The maximum Gasteiger partial charge on any atom is 0.0706 e. The molecule has 1 unspecified atom stereocenters. The molecule has 21 heavy (non-hydrogen) atoms. The molecular formula is C19H26N2. The van der Waals surface area contributed by atoms with E-state index in [1.807, 2.05) is 6.07 Å². The van der Waals surface area contributed by atoms with Crippen LogP contribution in [0.3, 0.4) is 0 Å². The van der Waals surface area contributed by atoms with Crippen molar-refractivity contribution in [2.75, 3.05) is 14.1 Å². The second kappa shape index (κ2) is 6.86. The van der Waals surface area contributed by atoms with Crippen molar-refractivity contribution >= 4 is 0 Å². The second-order valence-electron chi connectivity index (χ2n) is 6.05. The standard InChI is InChI=1S/C19H26N2/c1-5-6-15-19(2,21(3)4)18-14-10-13-17(20-18)16-11-8-7-9-12-16/h7-14H,5-6,15H2,1-4H3. The molecule has 2 heteroatoms. The quantitative estimate of drug-likeness (QED) is 0.762. The van der Waals surface area contributed by atoms with Gasteiger partial charge in [0.1, 0.15) is 0 Å². The minimum Gasteiger partial charge on any atom is -0.299 e. The summed E-state index contributed by atoms with van der Waals surface area (Å²) in [7, 11) is 4.29. The van der Waals surface area contributed by atoms with E-state index in [9.17, 15) is 0 Å². The van der Waals surface area contributed by atoms with Gasteiger partial charge < -0.3 is 0 Å². The first kappa shape index (κ1) is 15.7. The summed E-state index contributed by atoms with van der Waals surface area (Å²) >= 11 is 0. The molecule has 1 aromatic heterocycles. The van der Waals surface area contributed by atoms with E-state index in [0.717, 1.165) is 17.8 Å². The molecule has 0 bridgehead atoms. The van der Waals surface area contributed by atoms with Crippen molar-refractivity contribution in [2.24, 2.45) is 0 Å². The lowest BCUT2D eigenvalue weighted by molar-refractivity contribution is 0.151. The fourth-order valence-electron chi connectivity index (χ4n) is 2.61. The van der Waals surface area contributed by atoms with Crippen molar-refractivity contribution in [1.29, 1.82) is 0 Å². The Balaban J connectivity index is 2.39. The zero-order valence-corrected chi connectivity index (χ0v) is 13.6. The summed E-state index contributed by atoms with van der Waals surface area (Å²) < 4.78 is 0. The lowest BCUT2D eigenvalue weighted by Gasteiger charge is -2.36. The van der Waals surface area contributed by atoms with Crippen LogP contribution >= 0.6 is 0 Å². The van der Waals surface area contributed by atoms with Gasteiger partial charge in [0.15, 0.2) is 0 Å². The van der Waals surface area contributed by atoms with Crippen molar-refractivity contribution in [3.8, 4) is 11.3 Å². The molecule has 0 saturated heterocycles. The van der Waals surface area contributed by atoms with Crippen LogP contribution in [-0.4, -0.2) is 24.0 Å². The van der Waals surface area contributed by atoms with Crippen LogP contribution in [0.1, 0.15) is 38.8 Å². The van der Waals surface area contributed by atoms with E-state index in [1.165, 1.54) is 18.4 Å². The highest BCUT2D eigenvalue weighted by Gasteiger charge is 2.30. The Kier molecular flexibility index (Phi) is 5.13. The average Bonchev–Trinajstić information content (AvgIpc) is 2.53. The van der Waals surface area contributed by atoms with E-state index >= 15 is 0 Å². The first-order valence-electron chi connectivity index (χ1n) is 7.78. The zero-order valence-electron chi connectivity index (χ0n) is 13.6. The number of hydrogen-bond acceptors (Lipinski definition) is 2. The van der Waals surface area contributed by atoms with E-state index in [0.29, 0.717) is 0 Å². The Bertz CT molecular complexity index is 563. The Morgan fingerprint density at radius 2 is 1.71 bits per heavy atom. The molecule has 0 aliphatic heterocycles. The van der Waals surface area contributed by atoms with Crippen LogP contribution in [0.25, 0.3) is 11.3 Å². The molecule has 0 N–H and O–H groups in total. The van der Waals surface area contributed by atoms with E-state index in [2.05, 4.69) is 75.3 Å². The van der Waals surface area contributed by atoms with Crippen LogP contribution in [0.4, 0.5) is 0 Å². The predicted molar refractivity (Wildman–Crippen MR) is 90.2 cm³/mol. The minimum absolute atomic E-state index is 0.0131. The molecule has 0 radical (unpaired) electrons. The lowest BCUT2D eigenvalue weighted by Crippen LogP contribution is -2.39. The van der Waals surface area contributed by atoms with Gasteiger partial charge in [-0.25, -0.2) is 0 Å². The van der Waals surface area contributed by atoms with Gasteiger partial charge in [-0.3, -0.25) is 9.88 Å². The number of pyridine rings is 1. The maximum atomic E-state index is 4.95. The van der Waals surface area contributed by atoms with Crippen LogP contribution in [-0.2, 0) is 5.54 Å². The SMILES string of the molecule is CCCCC(C)(c1cccc(-c2ccccc2)n1)N(C)C. The fraction of sp³-hybridized carbons (Fsp3) is 0.421. The van der Waals surface area contributed by atoms with Gasteiger partial charge in [0.2, 0.25) is 0 Å². The maximum absolute atomic E-state index is 4.95. The molecule has 0 aliphatic carbocycles. The summed E-state index contributed by atoms with van der Waals surface area (Å²) in [5.74, 6) is 0. The predicted octanol–water partition coefficient (Wildman–Crippen LogP) is 4.72. The Morgan fingerprint density at radius 3 is 2.33 bits per heavy atom. The highest BCUT2D eigenvalue weighted by atomic mass is 15.2. The van der Waals surface area contributed by atoms with Crippen LogP contribution in [0, 0.1) is 0 Å². The smallest absolute Gasteiger partial charge is 0.0706 e. The molecule has 2 aromatic rings. The van der Waals surface area contributed by atoms with Crippen molar-refractivity contribution in [3.63, 3.8) is 0 Å². The summed E-state index contributed by atoms with van der Waals surface area (Å²) in [5, 5.41) is 0. The van der Waals surface area contributed by atoms with Gasteiger partial charge in [0, 0.05) is 5.56 Å². The fourth-order valence-corrected chi connectivity index (χ4v) is 2.61. The van der Waals surface area contributed by atoms with Crippen LogP contribution < -0.4 is 0 Å². The summed E-state index contributed by atoms with van der Waals surface area (Å²) in [5.41, 5.74) is 3.37. The first-order chi connectivity index (χ1) is 10.1. The highest BCUT2D eigenvalue weighted by Crippen LogP contribution is 2.31. The summed E-state index contributed by atoms with van der Waals surface area (Å²) in [6, 6.07) is 16.8. The topological polar surface area (TPSA) is 16.1 Å². The van der Waals surface area contributed by atoms with Gasteiger partial charge in [-0.2, -0.15) is 0 Å². The normalized spacial score (nSPS) is 14.1. The van der Waals surface area contributed by atoms with E-state index in [4.69, 9.17) is 4.98 Å². The van der Waals surface area contributed by atoms with Crippen molar-refractivity contribution in [3.05, 3.63) is 54.2 Å². The van der Waals surface area contributed by atoms with Gasteiger partial charge in [0.05, 0.1) is 16.9 Å². The molecule has 0 aliphatic rings. The number of hydrogen-bond donors (Lipinski definition) is 0. The number of nitrogens with zero attached hydrogens (tertiary/aromatic N) is 2. The number of rotatable bonds is 6. The van der Waals surface area contributed by atoms with Crippen LogP contribution in [0.15, 0.2) is 48.5 Å². The monoisotopic (exact) mass is 282 g/mol. The zero-order chi connectivity index (χ0) is 15.3. The molecule has 2 nitrogen and oxygen atoms in total. The van der Waals surface area contributed by atoms with E-state index < -0.39 is 0 Å². The Hall–Kier alpha value is -1.67. The van der Waals surface area contributed by atoms with Crippen LogP contribution in [0.2, 0.25) is 0 Å². The third kappa shape index (κ3) is 3.51. The molecule has 0 amide bonds. The largest absolute Gasteiger partial charge is 0.299 e. The van der Waals surface area contributed by atoms with E-state index in [1.54, 1.807) is 0 Å². The molecule has 112 valence electrons. The first-order valence-corrected chi connectivity index (χ1v) is 7.78. The minimum atomic E-state index is -0.0131. The van der Waals surface area contributed by atoms with Crippen molar-refractivity contribution in [1.82, 2.24) is 9.88 Å². The second-order valence-corrected chi connectivity index (χ2v) is 6.05. The molecule has 1 heterocycles. The number of benzene rings is 1. The summed E-state index contributed by atoms with van der Waals surface area (Å²) in [4.78, 5) is 7.24. The Labute approximate surface area is 128 Å². The summed E-state index contributed by atoms with van der Waals surface area (Å²) in [6.45, 7) is 4.53. The highest BCUT2D eigenvalue weighted by molar-refractivity contribution is 5.59. The van der Waals surface area contributed by atoms with Gasteiger partial charge in [-0.15, -0.1) is 0 Å². The van der Waals surface area contributed by atoms with Crippen molar-refractivity contribution in [2.45, 2.75) is 38.6 Å². The van der Waals surface area contributed by atoms with Gasteiger partial charge in [-0.1, -0.05) is 56.2 Å².